The molecule has 0 saturated carbocycles. The molecule has 0 atom stereocenters. The molecule has 6 nitrogen and oxygen atoms in total. The number of amides is 1. The zero-order valence-corrected chi connectivity index (χ0v) is 15.3. The lowest BCUT2D eigenvalue weighted by Crippen LogP contribution is -2.12. The van der Waals surface area contributed by atoms with E-state index in [1.54, 1.807) is 35.1 Å². The van der Waals surface area contributed by atoms with Crippen LogP contribution in [0.2, 0.25) is 0 Å². The van der Waals surface area contributed by atoms with Gasteiger partial charge in [0.25, 0.3) is 5.91 Å². The normalized spacial score (nSPS) is 10.8. The van der Waals surface area contributed by atoms with Gasteiger partial charge in [0.1, 0.15) is 23.9 Å². The number of carbonyl (C=O) groups excluding carboxylic acids is 1. The molecular formula is C22H19N3O3. The Bertz CT molecular complexity index is 1120. The SMILES string of the molecule is Cn1ncc2cc(C(N)=O)c(Oc3ccc(OCc4ccccc4)cc3)cc21. The highest BCUT2D eigenvalue weighted by molar-refractivity contribution is 6.00. The van der Waals surface area contributed by atoms with Crippen LogP contribution in [-0.4, -0.2) is 15.7 Å². The van der Waals surface area contributed by atoms with E-state index in [1.807, 2.05) is 49.5 Å². The Morgan fingerprint density at radius 2 is 1.75 bits per heavy atom. The van der Waals surface area contributed by atoms with Crippen LogP contribution in [0.1, 0.15) is 15.9 Å². The average molecular weight is 373 g/mol. The van der Waals surface area contributed by atoms with Crippen molar-refractivity contribution in [1.29, 1.82) is 0 Å². The van der Waals surface area contributed by atoms with Crippen LogP contribution < -0.4 is 15.2 Å². The lowest BCUT2D eigenvalue weighted by atomic mass is 10.1. The number of ether oxygens (including phenoxy) is 2. The standard InChI is InChI=1S/C22H19N3O3/c1-25-20-12-21(19(22(23)26)11-16(20)13-24-25)28-18-9-7-17(8-10-18)27-14-15-5-3-2-4-6-15/h2-13H,14H2,1H3,(H2,23,26). The van der Waals surface area contributed by atoms with Crippen LogP contribution in [-0.2, 0) is 13.7 Å². The quantitative estimate of drug-likeness (QED) is 0.553. The minimum atomic E-state index is -0.552. The number of aryl methyl sites for hydroxylation is 1. The van der Waals surface area contributed by atoms with Gasteiger partial charge in [0, 0.05) is 18.5 Å². The van der Waals surface area contributed by atoms with Crippen molar-refractivity contribution in [2.45, 2.75) is 6.61 Å². The molecule has 2 N–H and O–H groups in total. The van der Waals surface area contributed by atoms with Gasteiger partial charge in [-0.15, -0.1) is 0 Å². The number of aromatic nitrogens is 2. The Morgan fingerprint density at radius 1 is 1.04 bits per heavy atom. The number of hydrogen-bond acceptors (Lipinski definition) is 4. The van der Waals surface area contributed by atoms with Crippen molar-refractivity contribution in [3.63, 3.8) is 0 Å². The average Bonchev–Trinajstić information content (AvgIpc) is 3.07. The first-order valence-corrected chi connectivity index (χ1v) is 8.80. The van der Waals surface area contributed by atoms with Crippen molar-refractivity contribution in [1.82, 2.24) is 9.78 Å². The number of nitrogens with zero attached hydrogens (tertiary/aromatic N) is 2. The number of benzene rings is 3. The lowest BCUT2D eigenvalue weighted by molar-refractivity contribution is 0.0998. The van der Waals surface area contributed by atoms with Crippen molar-refractivity contribution in [2.24, 2.45) is 12.8 Å². The number of fused-ring (bicyclic) bond motifs is 1. The van der Waals surface area contributed by atoms with Crippen molar-refractivity contribution >= 4 is 16.8 Å². The molecule has 6 heteroatoms. The van der Waals surface area contributed by atoms with Crippen LogP contribution in [0, 0.1) is 0 Å². The summed E-state index contributed by atoms with van der Waals surface area (Å²) < 4.78 is 13.4. The van der Waals surface area contributed by atoms with Crippen molar-refractivity contribution < 1.29 is 14.3 Å². The number of rotatable bonds is 6. The topological polar surface area (TPSA) is 79.4 Å². The van der Waals surface area contributed by atoms with Crippen molar-refractivity contribution in [2.75, 3.05) is 0 Å². The highest BCUT2D eigenvalue weighted by Crippen LogP contribution is 2.30. The Hall–Kier alpha value is -3.80. The van der Waals surface area contributed by atoms with Gasteiger partial charge in [0.2, 0.25) is 0 Å². The second kappa shape index (κ2) is 7.44. The van der Waals surface area contributed by atoms with Gasteiger partial charge in [-0.25, -0.2) is 0 Å². The van der Waals surface area contributed by atoms with E-state index in [9.17, 15) is 4.79 Å². The summed E-state index contributed by atoms with van der Waals surface area (Å²) in [4.78, 5) is 11.8. The second-order valence-electron chi connectivity index (χ2n) is 6.39. The first-order chi connectivity index (χ1) is 13.6. The molecule has 0 saturated heterocycles. The van der Waals surface area contributed by atoms with Gasteiger partial charge < -0.3 is 15.2 Å². The van der Waals surface area contributed by atoms with Crippen molar-refractivity contribution in [3.05, 3.63) is 84.1 Å². The third kappa shape index (κ3) is 3.66. The molecular weight excluding hydrogens is 354 g/mol. The second-order valence-corrected chi connectivity index (χ2v) is 6.39. The molecule has 0 aliphatic carbocycles. The van der Waals surface area contributed by atoms with E-state index in [0.717, 1.165) is 22.2 Å². The lowest BCUT2D eigenvalue weighted by Gasteiger charge is -2.11. The molecule has 1 aromatic heterocycles. The third-order valence-corrected chi connectivity index (χ3v) is 4.41. The van der Waals surface area contributed by atoms with Crippen LogP contribution in [0.5, 0.6) is 17.2 Å². The molecule has 140 valence electrons. The van der Waals surface area contributed by atoms with E-state index in [2.05, 4.69) is 5.10 Å². The van der Waals surface area contributed by atoms with E-state index in [1.165, 1.54) is 0 Å². The fourth-order valence-corrected chi connectivity index (χ4v) is 2.93. The molecule has 0 bridgehead atoms. The first-order valence-electron chi connectivity index (χ1n) is 8.80. The number of primary amides is 1. The molecule has 0 aliphatic rings. The summed E-state index contributed by atoms with van der Waals surface area (Å²) in [5.41, 5.74) is 7.77. The van der Waals surface area contributed by atoms with E-state index >= 15 is 0 Å². The minimum absolute atomic E-state index is 0.310. The Kier molecular flexibility index (Phi) is 4.68. The molecule has 3 aromatic carbocycles. The molecule has 4 rings (SSSR count). The number of nitrogens with two attached hydrogens (primary N) is 1. The zero-order valence-electron chi connectivity index (χ0n) is 15.3. The fourth-order valence-electron chi connectivity index (χ4n) is 2.93. The van der Waals surface area contributed by atoms with E-state index in [0.29, 0.717) is 23.7 Å². The summed E-state index contributed by atoms with van der Waals surface area (Å²) >= 11 is 0. The summed E-state index contributed by atoms with van der Waals surface area (Å²) in [5.74, 6) is 1.15. The van der Waals surface area contributed by atoms with Gasteiger partial charge >= 0.3 is 0 Å². The molecule has 0 fully saturated rings. The van der Waals surface area contributed by atoms with Gasteiger partial charge in [0.15, 0.2) is 0 Å². The predicted octanol–water partition coefficient (Wildman–Crippen LogP) is 4.04. The zero-order chi connectivity index (χ0) is 19.5. The minimum Gasteiger partial charge on any atom is -0.489 e. The van der Waals surface area contributed by atoms with Gasteiger partial charge in [-0.1, -0.05) is 30.3 Å². The highest BCUT2D eigenvalue weighted by Gasteiger charge is 2.14. The predicted molar refractivity (Wildman–Crippen MR) is 107 cm³/mol. The molecule has 28 heavy (non-hydrogen) atoms. The maximum Gasteiger partial charge on any atom is 0.252 e. The molecule has 4 aromatic rings. The molecule has 0 radical (unpaired) electrons. The largest absolute Gasteiger partial charge is 0.489 e. The Labute approximate surface area is 162 Å². The smallest absolute Gasteiger partial charge is 0.252 e. The molecule has 0 spiro atoms. The molecule has 0 aliphatic heterocycles. The third-order valence-electron chi connectivity index (χ3n) is 4.41. The summed E-state index contributed by atoms with van der Waals surface area (Å²) in [5, 5.41) is 5.02. The highest BCUT2D eigenvalue weighted by atomic mass is 16.5. The Balaban J connectivity index is 1.53. The van der Waals surface area contributed by atoms with E-state index in [4.69, 9.17) is 15.2 Å². The summed E-state index contributed by atoms with van der Waals surface area (Å²) in [7, 11) is 1.83. The van der Waals surface area contributed by atoms with Crippen LogP contribution in [0.25, 0.3) is 10.9 Å². The molecule has 0 unspecified atom stereocenters. The summed E-state index contributed by atoms with van der Waals surface area (Å²) in [6.45, 7) is 0.490. The van der Waals surface area contributed by atoms with Gasteiger partial charge in [-0.2, -0.15) is 5.10 Å². The molecule has 1 amide bonds. The first kappa shape index (κ1) is 17.6. The monoisotopic (exact) mass is 373 g/mol. The maximum absolute atomic E-state index is 11.8. The van der Waals surface area contributed by atoms with E-state index in [-0.39, 0.29) is 0 Å². The van der Waals surface area contributed by atoms with Gasteiger partial charge in [-0.3, -0.25) is 9.48 Å². The fraction of sp³-hybridized carbons (Fsp3) is 0.0909. The van der Waals surface area contributed by atoms with Gasteiger partial charge in [-0.05, 0) is 35.9 Å². The van der Waals surface area contributed by atoms with Crippen LogP contribution in [0.4, 0.5) is 0 Å². The van der Waals surface area contributed by atoms with Crippen LogP contribution >= 0.6 is 0 Å². The van der Waals surface area contributed by atoms with Crippen LogP contribution in [0.15, 0.2) is 72.9 Å². The molecule has 1 heterocycles. The summed E-state index contributed by atoms with van der Waals surface area (Å²) in [6, 6.07) is 20.6. The van der Waals surface area contributed by atoms with Gasteiger partial charge in [0.05, 0.1) is 17.3 Å². The van der Waals surface area contributed by atoms with Crippen LogP contribution in [0.3, 0.4) is 0 Å². The number of carbonyl (C=O) groups is 1. The number of hydrogen-bond donors (Lipinski definition) is 1. The van der Waals surface area contributed by atoms with E-state index < -0.39 is 5.91 Å². The summed E-state index contributed by atoms with van der Waals surface area (Å²) in [6.07, 6.45) is 1.68. The Morgan fingerprint density at radius 3 is 2.46 bits per heavy atom. The van der Waals surface area contributed by atoms with Crippen molar-refractivity contribution in [3.8, 4) is 17.2 Å². The maximum atomic E-state index is 11.8.